The van der Waals surface area contributed by atoms with Crippen molar-refractivity contribution >= 4 is 34.9 Å². The number of anilines is 2. The number of hydrogen-bond acceptors (Lipinski definition) is 4. The molecule has 0 saturated carbocycles. The van der Waals surface area contributed by atoms with Crippen molar-refractivity contribution in [2.75, 3.05) is 23.3 Å². The lowest BCUT2D eigenvalue weighted by molar-refractivity contribution is -0.114. The van der Waals surface area contributed by atoms with Crippen molar-refractivity contribution in [3.8, 4) is 11.3 Å². The molecule has 0 aliphatic carbocycles. The lowest BCUT2D eigenvalue weighted by Gasteiger charge is -2.33. The molecular weight excluding hydrogens is 414 g/mol. The molecule has 0 bridgehead atoms. The predicted molar refractivity (Wildman–Crippen MR) is 122 cm³/mol. The molecule has 4 rings (SSSR count). The van der Waals surface area contributed by atoms with Crippen molar-refractivity contribution in [1.29, 1.82) is 0 Å². The normalized spacial score (nSPS) is 16.1. The van der Waals surface area contributed by atoms with Crippen LogP contribution in [0.1, 0.15) is 30.1 Å². The van der Waals surface area contributed by atoms with Crippen LogP contribution in [0, 0.1) is 0 Å². The molecule has 3 N–H and O–H groups in total. The Morgan fingerprint density at radius 1 is 1.16 bits per heavy atom. The number of piperidine rings is 1. The molecule has 0 radical (unpaired) electrons. The highest BCUT2D eigenvalue weighted by molar-refractivity contribution is 6.30. The van der Waals surface area contributed by atoms with E-state index in [1.165, 1.54) is 6.92 Å². The summed E-state index contributed by atoms with van der Waals surface area (Å²) in [6, 6.07) is 16.6. The fourth-order valence-electron chi connectivity index (χ4n) is 3.76. The summed E-state index contributed by atoms with van der Waals surface area (Å²) in [4.78, 5) is 26.2. The molecule has 2 aromatic carbocycles. The average Bonchev–Trinajstić information content (AvgIpc) is 3.24. The first-order valence-corrected chi connectivity index (χ1v) is 10.6. The molecule has 1 atom stereocenters. The van der Waals surface area contributed by atoms with Gasteiger partial charge in [-0.3, -0.25) is 14.7 Å². The van der Waals surface area contributed by atoms with Crippen LogP contribution >= 0.6 is 11.6 Å². The first-order chi connectivity index (χ1) is 15.0. The number of amides is 2. The average molecular weight is 438 g/mol. The van der Waals surface area contributed by atoms with Crippen LogP contribution in [0.2, 0.25) is 5.02 Å². The van der Waals surface area contributed by atoms with Gasteiger partial charge in [0.15, 0.2) is 5.82 Å². The molecule has 7 nitrogen and oxygen atoms in total. The number of aromatic nitrogens is 2. The van der Waals surface area contributed by atoms with Gasteiger partial charge in [-0.05, 0) is 48.7 Å². The van der Waals surface area contributed by atoms with E-state index in [-0.39, 0.29) is 17.9 Å². The Hall–Kier alpha value is -3.32. The van der Waals surface area contributed by atoms with E-state index < -0.39 is 0 Å². The molecule has 31 heavy (non-hydrogen) atoms. The van der Waals surface area contributed by atoms with Crippen LogP contribution in [-0.2, 0) is 4.79 Å². The van der Waals surface area contributed by atoms with Crippen LogP contribution in [0.3, 0.4) is 0 Å². The van der Waals surface area contributed by atoms with E-state index >= 15 is 0 Å². The summed E-state index contributed by atoms with van der Waals surface area (Å²) in [6.45, 7) is 3.01. The van der Waals surface area contributed by atoms with Crippen LogP contribution in [-0.4, -0.2) is 41.1 Å². The van der Waals surface area contributed by atoms with E-state index in [0.29, 0.717) is 22.8 Å². The molecule has 2 amide bonds. The van der Waals surface area contributed by atoms with Crippen molar-refractivity contribution in [2.45, 2.75) is 25.8 Å². The van der Waals surface area contributed by atoms with Gasteiger partial charge in [0, 0.05) is 48.4 Å². The van der Waals surface area contributed by atoms with Gasteiger partial charge in [0.25, 0.3) is 5.91 Å². The number of nitrogens with zero attached hydrogens (tertiary/aromatic N) is 2. The van der Waals surface area contributed by atoms with Crippen LogP contribution in [0.5, 0.6) is 0 Å². The van der Waals surface area contributed by atoms with Gasteiger partial charge in [0.05, 0.1) is 5.69 Å². The minimum Gasteiger partial charge on any atom is -0.353 e. The Morgan fingerprint density at radius 2 is 1.97 bits per heavy atom. The van der Waals surface area contributed by atoms with Crippen molar-refractivity contribution in [3.63, 3.8) is 0 Å². The number of H-pyrrole nitrogens is 1. The van der Waals surface area contributed by atoms with E-state index in [4.69, 9.17) is 11.6 Å². The van der Waals surface area contributed by atoms with Gasteiger partial charge in [-0.15, -0.1) is 0 Å². The molecule has 0 unspecified atom stereocenters. The van der Waals surface area contributed by atoms with E-state index in [1.54, 1.807) is 24.3 Å². The van der Waals surface area contributed by atoms with Crippen molar-refractivity contribution in [3.05, 3.63) is 65.2 Å². The van der Waals surface area contributed by atoms with Gasteiger partial charge in [0.2, 0.25) is 5.91 Å². The standard InChI is InChI=1S/C23H24ClN5O2/c1-15(30)25-19-5-2-4-17(12-19)23(31)26-20-6-3-11-29(14-20)22-13-21(27-28-22)16-7-9-18(24)10-8-16/h2,4-5,7-10,12-13,20H,3,6,11,14H2,1H3,(H,25,30)(H,26,31)(H,27,28)/t20-/m1/s1. The zero-order valence-electron chi connectivity index (χ0n) is 17.2. The minimum atomic E-state index is -0.169. The Balaban J connectivity index is 1.40. The smallest absolute Gasteiger partial charge is 0.251 e. The molecule has 1 aliphatic rings. The summed E-state index contributed by atoms with van der Waals surface area (Å²) in [5, 5.41) is 14.1. The number of nitrogens with one attached hydrogen (secondary N) is 3. The molecule has 0 spiro atoms. The highest BCUT2D eigenvalue weighted by Gasteiger charge is 2.24. The quantitative estimate of drug-likeness (QED) is 0.560. The van der Waals surface area contributed by atoms with Crippen LogP contribution in [0.4, 0.5) is 11.5 Å². The molecule has 1 aromatic heterocycles. The van der Waals surface area contributed by atoms with Crippen LogP contribution in [0.25, 0.3) is 11.3 Å². The summed E-state index contributed by atoms with van der Waals surface area (Å²) < 4.78 is 0. The molecule has 160 valence electrons. The maximum atomic E-state index is 12.7. The van der Waals surface area contributed by atoms with Gasteiger partial charge in [-0.1, -0.05) is 29.8 Å². The molecular formula is C23H24ClN5O2. The molecule has 2 heterocycles. The van der Waals surface area contributed by atoms with E-state index in [0.717, 1.165) is 36.5 Å². The Kier molecular flexibility index (Phi) is 6.23. The Morgan fingerprint density at radius 3 is 2.74 bits per heavy atom. The lowest BCUT2D eigenvalue weighted by Crippen LogP contribution is -2.48. The molecule has 3 aromatic rings. The van der Waals surface area contributed by atoms with E-state index in [2.05, 4.69) is 25.7 Å². The fourth-order valence-corrected chi connectivity index (χ4v) is 3.89. The minimum absolute atomic E-state index is 0.0151. The predicted octanol–water partition coefficient (Wildman–Crippen LogP) is 4.09. The lowest BCUT2D eigenvalue weighted by atomic mass is 10.0. The van der Waals surface area contributed by atoms with E-state index in [9.17, 15) is 9.59 Å². The van der Waals surface area contributed by atoms with Crippen molar-refractivity contribution in [2.24, 2.45) is 0 Å². The van der Waals surface area contributed by atoms with E-state index in [1.807, 2.05) is 30.3 Å². The third kappa shape index (κ3) is 5.24. The molecule has 1 aliphatic heterocycles. The maximum Gasteiger partial charge on any atom is 0.251 e. The van der Waals surface area contributed by atoms with Gasteiger partial charge in [-0.25, -0.2) is 0 Å². The van der Waals surface area contributed by atoms with Gasteiger partial charge < -0.3 is 15.5 Å². The third-order valence-electron chi connectivity index (χ3n) is 5.25. The SMILES string of the molecule is CC(=O)Nc1cccc(C(=O)N[C@@H]2CCCN(c3cc(-c4ccc(Cl)cc4)[nH]n3)C2)c1. The fraction of sp³-hybridized carbons (Fsp3) is 0.261. The van der Waals surface area contributed by atoms with Gasteiger partial charge in [0.1, 0.15) is 0 Å². The zero-order valence-corrected chi connectivity index (χ0v) is 17.9. The first-order valence-electron chi connectivity index (χ1n) is 10.2. The number of aromatic amines is 1. The summed E-state index contributed by atoms with van der Waals surface area (Å²) in [5.74, 6) is 0.539. The monoisotopic (exact) mass is 437 g/mol. The molecule has 1 saturated heterocycles. The number of hydrogen-bond donors (Lipinski definition) is 3. The second kappa shape index (κ2) is 9.22. The summed E-state index contributed by atoms with van der Waals surface area (Å²) >= 11 is 5.97. The maximum absolute atomic E-state index is 12.7. The Labute approximate surface area is 185 Å². The first kappa shape index (κ1) is 20.9. The Bertz CT molecular complexity index is 1080. The second-order valence-electron chi connectivity index (χ2n) is 7.67. The number of rotatable bonds is 5. The number of halogens is 1. The highest BCUT2D eigenvalue weighted by atomic mass is 35.5. The summed E-state index contributed by atoms with van der Waals surface area (Å²) in [7, 11) is 0. The second-order valence-corrected chi connectivity index (χ2v) is 8.10. The third-order valence-corrected chi connectivity index (χ3v) is 5.50. The zero-order chi connectivity index (χ0) is 21.8. The largest absolute Gasteiger partial charge is 0.353 e. The number of carbonyl (C=O) groups is 2. The van der Waals surface area contributed by atoms with Crippen molar-refractivity contribution < 1.29 is 9.59 Å². The van der Waals surface area contributed by atoms with Gasteiger partial charge in [-0.2, -0.15) is 5.10 Å². The number of carbonyl (C=O) groups excluding carboxylic acids is 2. The number of benzene rings is 2. The molecule has 8 heteroatoms. The van der Waals surface area contributed by atoms with Gasteiger partial charge >= 0.3 is 0 Å². The molecule has 1 fully saturated rings. The van der Waals surface area contributed by atoms with Crippen molar-refractivity contribution in [1.82, 2.24) is 15.5 Å². The summed E-state index contributed by atoms with van der Waals surface area (Å²) in [5.41, 5.74) is 3.07. The topological polar surface area (TPSA) is 90.1 Å². The van der Waals surface area contributed by atoms with Crippen LogP contribution < -0.4 is 15.5 Å². The summed E-state index contributed by atoms with van der Waals surface area (Å²) in [6.07, 6.45) is 1.86. The van der Waals surface area contributed by atoms with Crippen LogP contribution in [0.15, 0.2) is 54.6 Å². The highest BCUT2D eigenvalue weighted by Crippen LogP contribution is 2.25.